The number of carbonyl (C=O) groups is 2. The highest BCUT2D eigenvalue weighted by Crippen LogP contribution is 2.12. The van der Waals surface area contributed by atoms with Crippen LogP contribution in [0.3, 0.4) is 0 Å². The van der Waals surface area contributed by atoms with Gasteiger partial charge in [0.25, 0.3) is 0 Å². The number of nitrogens with zero attached hydrogens (tertiary/aromatic N) is 3. The van der Waals surface area contributed by atoms with Crippen molar-refractivity contribution in [2.45, 2.75) is 33.0 Å². The summed E-state index contributed by atoms with van der Waals surface area (Å²) in [5, 5.41) is 0. The highest BCUT2D eigenvalue weighted by atomic mass is 16.5. The lowest BCUT2D eigenvalue weighted by molar-refractivity contribution is -0.140. The lowest BCUT2D eigenvalue weighted by Gasteiger charge is -2.29. The third-order valence-electron chi connectivity index (χ3n) is 5.82. The van der Waals surface area contributed by atoms with E-state index in [9.17, 15) is 9.59 Å². The maximum absolute atomic E-state index is 13.4. The summed E-state index contributed by atoms with van der Waals surface area (Å²) in [7, 11) is 1.62. The van der Waals surface area contributed by atoms with Gasteiger partial charge in [-0.15, -0.1) is 0 Å². The third kappa shape index (κ3) is 7.97. The monoisotopic (exact) mass is 473 g/mol. The van der Waals surface area contributed by atoms with Gasteiger partial charge in [-0.25, -0.2) is 0 Å². The second-order valence-corrected chi connectivity index (χ2v) is 8.73. The average molecular weight is 474 g/mol. The van der Waals surface area contributed by atoms with E-state index in [2.05, 4.69) is 16.7 Å². The summed E-state index contributed by atoms with van der Waals surface area (Å²) in [6.45, 7) is 5.91. The number of carbonyl (C=O) groups excluding carboxylic acids is 2. The number of amides is 2. The zero-order valence-corrected chi connectivity index (χ0v) is 20.8. The van der Waals surface area contributed by atoms with Crippen molar-refractivity contribution in [2.75, 3.05) is 26.8 Å². The summed E-state index contributed by atoms with van der Waals surface area (Å²) < 4.78 is 7.41. The van der Waals surface area contributed by atoms with Crippen molar-refractivity contribution in [3.05, 3.63) is 102 Å². The fraction of sp³-hybridized carbons (Fsp3) is 0.310. The summed E-state index contributed by atoms with van der Waals surface area (Å²) in [5.74, 6) is -0.291. The SMILES string of the molecule is COCCN(Cc1cccn1Cc1ccccc1)C(=O)CN(C(=O)C=Cc1ccccc1)C(C)C. The number of methoxy groups -OCH3 is 1. The van der Waals surface area contributed by atoms with Crippen molar-refractivity contribution in [2.24, 2.45) is 0 Å². The van der Waals surface area contributed by atoms with Crippen LogP contribution >= 0.6 is 0 Å². The summed E-state index contributed by atoms with van der Waals surface area (Å²) >= 11 is 0. The molecule has 1 heterocycles. The highest BCUT2D eigenvalue weighted by Gasteiger charge is 2.23. The van der Waals surface area contributed by atoms with Crippen LogP contribution in [0.15, 0.2) is 85.1 Å². The fourth-order valence-electron chi connectivity index (χ4n) is 3.80. The first kappa shape index (κ1) is 26.0. The van der Waals surface area contributed by atoms with Crippen LogP contribution in [0.25, 0.3) is 6.08 Å². The van der Waals surface area contributed by atoms with Gasteiger partial charge in [0, 0.05) is 44.2 Å². The maximum Gasteiger partial charge on any atom is 0.247 e. The molecule has 1 aromatic heterocycles. The quantitative estimate of drug-likeness (QED) is 0.365. The molecule has 0 aliphatic heterocycles. The fourth-order valence-corrected chi connectivity index (χ4v) is 3.80. The van der Waals surface area contributed by atoms with E-state index in [0.717, 1.165) is 17.8 Å². The Labute approximate surface area is 208 Å². The summed E-state index contributed by atoms with van der Waals surface area (Å²) in [6, 6.07) is 23.8. The van der Waals surface area contributed by atoms with E-state index in [4.69, 9.17) is 4.74 Å². The van der Waals surface area contributed by atoms with Crippen LogP contribution < -0.4 is 0 Å². The molecule has 184 valence electrons. The molecule has 2 amide bonds. The molecule has 6 nitrogen and oxygen atoms in total. The molecule has 0 unspecified atom stereocenters. The van der Waals surface area contributed by atoms with Gasteiger partial charge < -0.3 is 19.1 Å². The van der Waals surface area contributed by atoms with Crippen molar-refractivity contribution in [3.63, 3.8) is 0 Å². The molecule has 0 spiro atoms. The first-order chi connectivity index (χ1) is 17.0. The van der Waals surface area contributed by atoms with E-state index >= 15 is 0 Å². The Hall–Kier alpha value is -3.64. The van der Waals surface area contributed by atoms with Gasteiger partial charge in [0.05, 0.1) is 13.2 Å². The smallest absolute Gasteiger partial charge is 0.247 e. The van der Waals surface area contributed by atoms with Crippen molar-refractivity contribution in [1.82, 2.24) is 14.4 Å². The minimum Gasteiger partial charge on any atom is -0.383 e. The summed E-state index contributed by atoms with van der Waals surface area (Å²) in [4.78, 5) is 29.7. The topological polar surface area (TPSA) is 54.8 Å². The molecule has 0 atom stereocenters. The van der Waals surface area contributed by atoms with Gasteiger partial charge in [0.1, 0.15) is 6.54 Å². The first-order valence-corrected chi connectivity index (χ1v) is 12.0. The Bertz CT molecular complexity index is 1090. The van der Waals surface area contributed by atoms with Crippen molar-refractivity contribution >= 4 is 17.9 Å². The predicted molar refractivity (Wildman–Crippen MR) is 140 cm³/mol. The molecule has 3 rings (SSSR count). The van der Waals surface area contributed by atoms with Gasteiger partial charge in [0.2, 0.25) is 11.8 Å². The summed E-state index contributed by atoms with van der Waals surface area (Å²) in [6.07, 6.45) is 5.34. The van der Waals surface area contributed by atoms with Crippen LogP contribution in [0, 0.1) is 0 Å². The minimum absolute atomic E-state index is 0.0126. The third-order valence-corrected chi connectivity index (χ3v) is 5.82. The Morgan fingerprint density at radius 3 is 2.31 bits per heavy atom. The van der Waals surface area contributed by atoms with Crippen LogP contribution in [0.2, 0.25) is 0 Å². The van der Waals surface area contributed by atoms with Crippen LogP contribution in [-0.4, -0.2) is 59.0 Å². The second-order valence-electron chi connectivity index (χ2n) is 8.73. The molecule has 3 aromatic rings. The van der Waals surface area contributed by atoms with Gasteiger partial charge in [-0.05, 0) is 43.2 Å². The second kappa shape index (κ2) is 13.3. The molecule has 0 aliphatic rings. The average Bonchev–Trinajstić information content (AvgIpc) is 3.30. The number of ether oxygens (including phenoxy) is 1. The van der Waals surface area contributed by atoms with Crippen LogP contribution in [-0.2, 0) is 27.4 Å². The van der Waals surface area contributed by atoms with Crippen LogP contribution in [0.4, 0.5) is 0 Å². The molecule has 0 fully saturated rings. The Morgan fingerprint density at radius 2 is 1.66 bits per heavy atom. The lowest BCUT2D eigenvalue weighted by Crippen LogP contribution is -2.46. The molecule has 0 saturated carbocycles. The number of hydrogen-bond donors (Lipinski definition) is 0. The van der Waals surface area contributed by atoms with E-state index < -0.39 is 0 Å². The zero-order valence-electron chi connectivity index (χ0n) is 20.8. The van der Waals surface area contributed by atoms with Crippen LogP contribution in [0.1, 0.15) is 30.7 Å². The summed E-state index contributed by atoms with van der Waals surface area (Å²) in [5.41, 5.74) is 3.17. The van der Waals surface area contributed by atoms with Crippen molar-refractivity contribution in [1.29, 1.82) is 0 Å². The Kier molecular flexibility index (Phi) is 9.87. The van der Waals surface area contributed by atoms with E-state index in [1.54, 1.807) is 23.0 Å². The number of aromatic nitrogens is 1. The predicted octanol–water partition coefficient (Wildman–Crippen LogP) is 4.46. The minimum atomic E-state index is -0.184. The molecular formula is C29H35N3O3. The molecule has 0 radical (unpaired) electrons. The van der Waals surface area contributed by atoms with E-state index in [0.29, 0.717) is 19.7 Å². The number of rotatable bonds is 12. The van der Waals surface area contributed by atoms with Gasteiger partial charge in [-0.2, -0.15) is 0 Å². The lowest BCUT2D eigenvalue weighted by atomic mass is 10.2. The van der Waals surface area contributed by atoms with Gasteiger partial charge in [-0.3, -0.25) is 9.59 Å². The Balaban J connectivity index is 1.71. The molecule has 0 saturated heterocycles. The van der Waals surface area contributed by atoms with E-state index in [1.165, 1.54) is 11.6 Å². The molecule has 0 bridgehead atoms. The zero-order chi connectivity index (χ0) is 25.0. The number of hydrogen-bond acceptors (Lipinski definition) is 3. The van der Waals surface area contributed by atoms with Gasteiger partial charge >= 0.3 is 0 Å². The normalized spacial score (nSPS) is 11.2. The molecule has 0 aliphatic carbocycles. The van der Waals surface area contributed by atoms with E-state index in [1.807, 2.05) is 80.7 Å². The van der Waals surface area contributed by atoms with Crippen molar-refractivity contribution in [3.8, 4) is 0 Å². The molecule has 35 heavy (non-hydrogen) atoms. The van der Waals surface area contributed by atoms with Crippen molar-refractivity contribution < 1.29 is 14.3 Å². The van der Waals surface area contributed by atoms with Gasteiger partial charge in [0.15, 0.2) is 0 Å². The van der Waals surface area contributed by atoms with Crippen LogP contribution in [0.5, 0.6) is 0 Å². The van der Waals surface area contributed by atoms with E-state index in [-0.39, 0.29) is 24.4 Å². The van der Waals surface area contributed by atoms with Gasteiger partial charge in [-0.1, -0.05) is 60.7 Å². The molecular weight excluding hydrogens is 438 g/mol. The number of benzene rings is 2. The Morgan fingerprint density at radius 1 is 0.971 bits per heavy atom. The highest BCUT2D eigenvalue weighted by molar-refractivity contribution is 5.94. The molecule has 2 aromatic carbocycles. The standard InChI is InChI=1S/C29H35N3O3/c1-24(2)32(28(33)17-16-25-11-6-4-7-12-25)23-29(34)31(19-20-35-3)22-27-15-10-18-30(27)21-26-13-8-5-9-14-26/h4-18,24H,19-23H2,1-3H3. The first-order valence-electron chi connectivity index (χ1n) is 12.0. The molecule has 0 N–H and O–H groups in total. The largest absolute Gasteiger partial charge is 0.383 e. The maximum atomic E-state index is 13.4. The molecule has 6 heteroatoms.